The fourth-order valence-corrected chi connectivity index (χ4v) is 6.42. The molecule has 4 N–H and O–H groups in total. The van der Waals surface area contributed by atoms with Crippen molar-refractivity contribution in [1.29, 1.82) is 0 Å². The highest BCUT2D eigenvalue weighted by atomic mass is 16.5. The number of anilines is 1. The summed E-state index contributed by atoms with van der Waals surface area (Å²) in [5.74, 6) is -2.20. The van der Waals surface area contributed by atoms with Crippen molar-refractivity contribution in [2.24, 2.45) is 17.8 Å². The van der Waals surface area contributed by atoms with Gasteiger partial charge in [-0.2, -0.15) is 0 Å². The van der Waals surface area contributed by atoms with E-state index in [9.17, 15) is 29.8 Å². The lowest BCUT2D eigenvalue weighted by molar-refractivity contribution is -0.123. The molecule has 0 aromatic heterocycles. The lowest BCUT2D eigenvalue weighted by Gasteiger charge is -2.41. The van der Waals surface area contributed by atoms with Gasteiger partial charge in [-0.3, -0.25) is 14.5 Å². The number of fused-ring (bicyclic) bond motifs is 4. The predicted molar refractivity (Wildman–Crippen MR) is 139 cm³/mol. The average Bonchev–Trinajstić information content (AvgIpc) is 3.13. The van der Waals surface area contributed by atoms with E-state index in [2.05, 4.69) is 0 Å². The number of amides is 2. The topological polar surface area (TPSA) is 128 Å². The Morgan fingerprint density at radius 1 is 0.973 bits per heavy atom. The Kier molecular flexibility index (Phi) is 5.72. The molecule has 3 aromatic rings. The monoisotopic (exact) mass is 497 g/mol. The van der Waals surface area contributed by atoms with Crippen LogP contribution in [0.1, 0.15) is 31.4 Å². The van der Waals surface area contributed by atoms with Gasteiger partial charge in [-0.25, -0.2) is 0 Å². The van der Waals surface area contributed by atoms with Crippen LogP contribution in [0.15, 0.2) is 71.7 Å². The molecule has 10 heteroatoms. The maximum Gasteiger partial charge on any atom is 0.488 e. The summed E-state index contributed by atoms with van der Waals surface area (Å²) in [6.07, 6.45) is 0.181. The van der Waals surface area contributed by atoms with Gasteiger partial charge in [0.2, 0.25) is 11.8 Å². The first-order chi connectivity index (χ1) is 17.8. The van der Waals surface area contributed by atoms with E-state index < -0.39 is 38.1 Å². The summed E-state index contributed by atoms with van der Waals surface area (Å²) >= 11 is 0. The number of carbonyl (C=O) groups is 2. The predicted octanol–water partition coefficient (Wildman–Crippen LogP) is 1.85. The van der Waals surface area contributed by atoms with E-state index in [1.165, 1.54) is 12.1 Å². The van der Waals surface area contributed by atoms with Crippen LogP contribution in [-0.2, 0) is 14.2 Å². The smallest absolute Gasteiger partial charge is 0.488 e. The van der Waals surface area contributed by atoms with Gasteiger partial charge in [0.1, 0.15) is 5.75 Å². The van der Waals surface area contributed by atoms with Crippen molar-refractivity contribution < 1.29 is 34.4 Å². The highest BCUT2D eigenvalue weighted by molar-refractivity contribution is 6.58. The summed E-state index contributed by atoms with van der Waals surface area (Å²) in [6, 6.07) is 16.9. The molecule has 37 heavy (non-hydrogen) atoms. The van der Waals surface area contributed by atoms with Gasteiger partial charge in [0.15, 0.2) is 0 Å². The van der Waals surface area contributed by atoms with Crippen molar-refractivity contribution in [3.63, 3.8) is 0 Å². The molecule has 3 aromatic carbocycles. The highest BCUT2D eigenvalue weighted by Gasteiger charge is 2.57. The van der Waals surface area contributed by atoms with Crippen LogP contribution in [0.3, 0.4) is 0 Å². The molecule has 0 unspecified atom stereocenters. The maximum absolute atomic E-state index is 13.8. The van der Waals surface area contributed by atoms with Crippen molar-refractivity contribution in [2.75, 3.05) is 4.90 Å². The number of phenolic OH excluding ortho intramolecular Hbond substituents is 1. The summed E-state index contributed by atoms with van der Waals surface area (Å²) in [4.78, 5) is 28.5. The van der Waals surface area contributed by atoms with E-state index in [0.29, 0.717) is 29.4 Å². The fraction of sp³-hybridized carbons (Fsp3) is 0.259. The average molecular weight is 497 g/mol. The number of imide groups is 1. The third-order valence-corrected chi connectivity index (χ3v) is 8.06. The zero-order chi connectivity index (χ0) is 26.0. The van der Waals surface area contributed by atoms with Gasteiger partial charge < -0.3 is 24.8 Å². The zero-order valence-electron chi connectivity index (χ0n) is 20.1. The van der Waals surface area contributed by atoms with E-state index in [0.717, 1.165) is 21.4 Å². The van der Waals surface area contributed by atoms with Crippen LogP contribution in [0.25, 0.3) is 10.8 Å². The first-order valence-corrected chi connectivity index (χ1v) is 12.3. The first kappa shape index (κ1) is 23.9. The van der Waals surface area contributed by atoms with E-state index >= 15 is 0 Å². The number of hydrogen-bond acceptors (Lipinski definition) is 7. The van der Waals surface area contributed by atoms with Gasteiger partial charge in [-0.05, 0) is 65.8 Å². The zero-order valence-corrected chi connectivity index (χ0v) is 20.1. The highest BCUT2D eigenvalue weighted by Crippen LogP contribution is 2.52. The Hall–Kier alpha value is -3.43. The molecular formula is C27H25B2NO7. The Morgan fingerprint density at radius 3 is 2.49 bits per heavy atom. The van der Waals surface area contributed by atoms with E-state index in [4.69, 9.17) is 4.65 Å². The van der Waals surface area contributed by atoms with Crippen LogP contribution in [0.4, 0.5) is 5.69 Å². The Morgan fingerprint density at radius 2 is 1.73 bits per heavy atom. The molecule has 1 aliphatic carbocycles. The first-order valence-electron chi connectivity index (χ1n) is 12.3. The van der Waals surface area contributed by atoms with Gasteiger partial charge in [0, 0.05) is 5.39 Å². The number of hydrogen-bond donors (Lipinski definition) is 4. The molecule has 0 radical (unpaired) electrons. The fourth-order valence-electron chi connectivity index (χ4n) is 6.42. The molecule has 186 valence electrons. The van der Waals surface area contributed by atoms with Crippen LogP contribution in [-0.4, -0.2) is 46.2 Å². The number of benzene rings is 3. The van der Waals surface area contributed by atoms with Crippen LogP contribution < -0.4 is 10.4 Å². The van der Waals surface area contributed by atoms with Gasteiger partial charge in [0.05, 0.1) is 23.6 Å². The third kappa shape index (κ3) is 3.71. The molecule has 0 bridgehead atoms. The van der Waals surface area contributed by atoms with Crippen LogP contribution in [0.5, 0.6) is 5.75 Å². The van der Waals surface area contributed by atoms with E-state index in [1.807, 2.05) is 31.2 Å². The summed E-state index contributed by atoms with van der Waals surface area (Å²) in [5.41, 5.74) is 2.77. The minimum Gasteiger partial charge on any atom is -0.507 e. The largest absolute Gasteiger partial charge is 0.507 e. The Balaban J connectivity index is 1.39. The Labute approximate surface area is 214 Å². The van der Waals surface area contributed by atoms with Crippen LogP contribution >= 0.6 is 0 Å². The van der Waals surface area contributed by atoms with E-state index in [-0.39, 0.29) is 23.0 Å². The summed E-state index contributed by atoms with van der Waals surface area (Å²) in [6.45, 7) is 1.87. The molecule has 0 saturated carbocycles. The quantitative estimate of drug-likeness (QED) is 0.322. The minimum atomic E-state index is -1.72. The molecule has 0 spiro atoms. The van der Waals surface area contributed by atoms with Crippen molar-refractivity contribution in [3.8, 4) is 5.75 Å². The third-order valence-electron chi connectivity index (χ3n) is 8.06. The van der Waals surface area contributed by atoms with Crippen molar-refractivity contribution in [1.82, 2.24) is 0 Å². The molecular weight excluding hydrogens is 472 g/mol. The second-order valence-electron chi connectivity index (χ2n) is 10.1. The van der Waals surface area contributed by atoms with Crippen LogP contribution in [0, 0.1) is 17.8 Å². The minimum absolute atomic E-state index is 0.146. The van der Waals surface area contributed by atoms with Crippen molar-refractivity contribution in [2.45, 2.75) is 25.9 Å². The van der Waals surface area contributed by atoms with Crippen molar-refractivity contribution >= 4 is 48.0 Å². The molecule has 4 atom stereocenters. The number of carbonyl (C=O) groups excluding carboxylic acids is 2. The molecule has 8 nitrogen and oxygen atoms in total. The van der Waals surface area contributed by atoms with Crippen molar-refractivity contribution in [3.05, 3.63) is 77.3 Å². The number of rotatable bonds is 3. The molecule has 3 aliphatic rings. The Bertz CT molecular complexity index is 1470. The summed E-state index contributed by atoms with van der Waals surface area (Å²) in [5, 5.41) is 42.0. The van der Waals surface area contributed by atoms with Gasteiger partial charge >= 0.3 is 14.2 Å². The number of aromatic hydroxyl groups is 1. The maximum atomic E-state index is 13.8. The molecule has 2 heterocycles. The van der Waals surface area contributed by atoms with Gasteiger partial charge in [-0.15, -0.1) is 0 Å². The number of phenols is 1. The normalized spacial score (nSPS) is 25.5. The summed E-state index contributed by atoms with van der Waals surface area (Å²) in [7, 11) is -2.95. The van der Waals surface area contributed by atoms with Crippen LogP contribution in [0.2, 0.25) is 0 Å². The molecule has 2 amide bonds. The van der Waals surface area contributed by atoms with Gasteiger partial charge in [0.25, 0.3) is 0 Å². The lowest BCUT2D eigenvalue weighted by Crippen LogP contribution is -2.44. The molecule has 2 aliphatic heterocycles. The van der Waals surface area contributed by atoms with E-state index in [1.54, 1.807) is 24.3 Å². The molecule has 2 fully saturated rings. The SMILES string of the molecule is CC1=C2B(O)O[C@H](c3ccc(O)c4ccccc34)C[C@H]2[C@H]2C(=O)N(c3cccc(B(O)O)c3)C(=O)[C@H]2C1. The second kappa shape index (κ2) is 8.85. The molecule has 2 saturated heterocycles. The number of nitrogens with zero attached hydrogens (tertiary/aromatic N) is 1. The summed E-state index contributed by atoms with van der Waals surface area (Å²) < 4.78 is 6.07. The lowest BCUT2D eigenvalue weighted by atomic mass is 9.55. The second-order valence-corrected chi connectivity index (χ2v) is 10.1. The molecule has 6 rings (SSSR count). The standard InChI is InChI=1S/C27H25B2NO7/c1-14-11-21-24(27(33)30(26(21)32)16-6-4-5-15(12-16)28(34)35)20-13-23(37-29(36)25(14)20)19-9-10-22(31)18-8-3-2-7-17(18)19/h2-10,12,20-21,23-24,31,34-36H,11,13H2,1H3/t20-,21-,23-,24+/m0/s1. The number of allylic oxidation sites excluding steroid dienone is 2. The van der Waals surface area contributed by atoms with Gasteiger partial charge in [-0.1, -0.05) is 48.0 Å².